The highest BCUT2D eigenvalue weighted by atomic mass is 32.2. The molecular formula is C17H24N2OS. The maximum absolute atomic E-state index is 12.9. The van der Waals surface area contributed by atoms with E-state index in [1.165, 1.54) is 23.5 Å². The van der Waals surface area contributed by atoms with Crippen molar-refractivity contribution in [3.8, 4) is 0 Å². The zero-order valence-electron chi connectivity index (χ0n) is 12.8. The van der Waals surface area contributed by atoms with Gasteiger partial charge in [0.1, 0.15) is 6.17 Å². The van der Waals surface area contributed by atoms with E-state index in [-0.39, 0.29) is 12.1 Å². The van der Waals surface area contributed by atoms with Gasteiger partial charge in [0.2, 0.25) is 5.91 Å². The summed E-state index contributed by atoms with van der Waals surface area (Å²) in [7, 11) is 0. The SMILES string of the molecule is CCC1(C)NC(c2ccccc2)N(CC2CCSC2)C1=O. The topological polar surface area (TPSA) is 32.3 Å². The van der Waals surface area contributed by atoms with Crippen molar-refractivity contribution < 1.29 is 4.79 Å². The second-order valence-corrected chi connectivity index (χ2v) is 7.48. The van der Waals surface area contributed by atoms with Crippen LogP contribution in [-0.2, 0) is 4.79 Å². The zero-order valence-corrected chi connectivity index (χ0v) is 13.7. The van der Waals surface area contributed by atoms with Crippen molar-refractivity contribution in [1.82, 2.24) is 10.2 Å². The predicted octanol–water partition coefficient (Wildman–Crippen LogP) is 3.04. The van der Waals surface area contributed by atoms with Gasteiger partial charge in [-0.1, -0.05) is 37.3 Å². The molecule has 1 N–H and O–H groups in total. The monoisotopic (exact) mass is 304 g/mol. The van der Waals surface area contributed by atoms with Gasteiger partial charge < -0.3 is 4.90 Å². The Morgan fingerprint density at radius 3 is 2.76 bits per heavy atom. The Morgan fingerprint density at radius 1 is 1.38 bits per heavy atom. The van der Waals surface area contributed by atoms with Crippen molar-refractivity contribution in [3.63, 3.8) is 0 Å². The first kappa shape index (κ1) is 14.9. The standard InChI is InChI=1S/C17H24N2OS/c1-3-17(2)16(20)19(11-13-9-10-21-12-13)15(18-17)14-7-5-4-6-8-14/h4-8,13,15,18H,3,9-12H2,1-2H3. The van der Waals surface area contributed by atoms with Crippen molar-refractivity contribution >= 4 is 17.7 Å². The lowest BCUT2D eigenvalue weighted by atomic mass is 9.99. The van der Waals surface area contributed by atoms with E-state index in [2.05, 4.69) is 29.3 Å². The van der Waals surface area contributed by atoms with Crippen LogP contribution in [0, 0.1) is 5.92 Å². The molecule has 3 nitrogen and oxygen atoms in total. The van der Waals surface area contributed by atoms with Crippen molar-refractivity contribution in [3.05, 3.63) is 35.9 Å². The molecule has 1 aromatic rings. The molecule has 2 aliphatic rings. The van der Waals surface area contributed by atoms with E-state index >= 15 is 0 Å². The number of benzene rings is 1. The van der Waals surface area contributed by atoms with E-state index in [9.17, 15) is 4.79 Å². The van der Waals surface area contributed by atoms with Crippen molar-refractivity contribution in [1.29, 1.82) is 0 Å². The Labute approximate surface area is 131 Å². The van der Waals surface area contributed by atoms with Gasteiger partial charge >= 0.3 is 0 Å². The number of amides is 1. The van der Waals surface area contributed by atoms with Gasteiger partial charge in [-0.2, -0.15) is 11.8 Å². The quantitative estimate of drug-likeness (QED) is 0.928. The summed E-state index contributed by atoms with van der Waals surface area (Å²) in [5.74, 6) is 3.33. The molecular weight excluding hydrogens is 280 g/mol. The summed E-state index contributed by atoms with van der Waals surface area (Å²) in [6.07, 6.45) is 2.08. The Morgan fingerprint density at radius 2 is 2.14 bits per heavy atom. The van der Waals surface area contributed by atoms with Crippen LogP contribution in [0.1, 0.15) is 38.4 Å². The number of hydrogen-bond acceptors (Lipinski definition) is 3. The molecule has 3 atom stereocenters. The highest BCUT2D eigenvalue weighted by molar-refractivity contribution is 7.99. The molecule has 2 heterocycles. The highest BCUT2D eigenvalue weighted by Gasteiger charge is 2.47. The molecule has 2 saturated heterocycles. The number of nitrogens with zero attached hydrogens (tertiary/aromatic N) is 1. The molecule has 0 aliphatic carbocycles. The molecule has 0 bridgehead atoms. The largest absolute Gasteiger partial charge is 0.321 e. The second-order valence-electron chi connectivity index (χ2n) is 6.33. The van der Waals surface area contributed by atoms with Gasteiger partial charge in [-0.05, 0) is 42.8 Å². The van der Waals surface area contributed by atoms with Crippen LogP contribution in [0.5, 0.6) is 0 Å². The third-order valence-corrected chi connectivity index (χ3v) is 6.03. The van der Waals surface area contributed by atoms with Crippen LogP contribution >= 0.6 is 11.8 Å². The number of hydrogen-bond donors (Lipinski definition) is 1. The smallest absolute Gasteiger partial charge is 0.244 e. The first-order valence-corrected chi connectivity index (χ1v) is 9.01. The summed E-state index contributed by atoms with van der Waals surface area (Å²) in [4.78, 5) is 15.0. The van der Waals surface area contributed by atoms with Crippen LogP contribution in [-0.4, -0.2) is 34.4 Å². The van der Waals surface area contributed by atoms with E-state index in [1.807, 2.05) is 36.9 Å². The van der Waals surface area contributed by atoms with Crippen LogP contribution < -0.4 is 5.32 Å². The summed E-state index contributed by atoms with van der Waals surface area (Å²) in [5, 5.41) is 3.58. The van der Waals surface area contributed by atoms with E-state index in [0.717, 1.165) is 13.0 Å². The minimum atomic E-state index is -0.424. The lowest BCUT2D eigenvalue weighted by Gasteiger charge is -2.27. The molecule has 0 radical (unpaired) electrons. The zero-order chi connectivity index (χ0) is 14.9. The fraction of sp³-hybridized carbons (Fsp3) is 0.588. The number of carbonyl (C=O) groups is 1. The Balaban J connectivity index is 1.86. The molecule has 4 heteroatoms. The van der Waals surface area contributed by atoms with E-state index < -0.39 is 5.54 Å². The van der Waals surface area contributed by atoms with Crippen LogP contribution in [0.2, 0.25) is 0 Å². The van der Waals surface area contributed by atoms with Gasteiger partial charge in [-0.3, -0.25) is 10.1 Å². The summed E-state index contributed by atoms with van der Waals surface area (Å²) >= 11 is 2.01. The number of rotatable bonds is 4. The van der Waals surface area contributed by atoms with Gasteiger partial charge in [0.05, 0.1) is 5.54 Å². The maximum Gasteiger partial charge on any atom is 0.244 e. The number of thioether (sulfide) groups is 1. The minimum Gasteiger partial charge on any atom is -0.321 e. The fourth-order valence-electron chi connectivity index (χ4n) is 3.22. The molecule has 1 aromatic carbocycles. The minimum absolute atomic E-state index is 0.0225. The predicted molar refractivity (Wildman–Crippen MR) is 88.2 cm³/mol. The van der Waals surface area contributed by atoms with E-state index in [1.54, 1.807) is 0 Å². The first-order valence-electron chi connectivity index (χ1n) is 7.85. The summed E-state index contributed by atoms with van der Waals surface area (Å²) in [6, 6.07) is 10.3. The molecule has 0 saturated carbocycles. The average Bonchev–Trinajstić information content (AvgIpc) is 3.11. The summed E-state index contributed by atoms with van der Waals surface area (Å²) in [6.45, 7) is 5.00. The summed E-state index contributed by atoms with van der Waals surface area (Å²) < 4.78 is 0. The van der Waals surface area contributed by atoms with Gasteiger partial charge in [0.15, 0.2) is 0 Å². The molecule has 0 spiro atoms. The van der Waals surface area contributed by atoms with Crippen LogP contribution in [0.25, 0.3) is 0 Å². The fourth-order valence-corrected chi connectivity index (χ4v) is 4.49. The molecule has 1 amide bonds. The van der Waals surface area contributed by atoms with Crippen LogP contribution in [0.15, 0.2) is 30.3 Å². The maximum atomic E-state index is 12.9. The Hall–Kier alpha value is -1.00. The molecule has 3 rings (SSSR count). The average molecular weight is 304 g/mol. The summed E-state index contributed by atoms with van der Waals surface area (Å²) in [5.41, 5.74) is 0.764. The van der Waals surface area contributed by atoms with Gasteiger partial charge in [-0.25, -0.2) is 0 Å². The van der Waals surface area contributed by atoms with Crippen LogP contribution in [0.4, 0.5) is 0 Å². The molecule has 2 fully saturated rings. The highest BCUT2D eigenvalue weighted by Crippen LogP contribution is 2.35. The van der Waals surface area contributed by atoms with Crippen molar-refractivity contribution in [2.45, 2.75) is 38.4 Å². The molecule has 2 aliphatic heterocycles. The van der Waals surface area contributed by atoms with E-state index in [4.69, 9.17) is 0 Å². The Bertz CT molecular complexity index is 501. The third kappa shape index (κ3) is 2.84. The Kier molecular flexibility index (Phi) is 4.27. The number of carbonyl (C=O) groups excluding carboxylic acids is 1. The van der Waals surface area contributed by atoms with Crippen LogP contribution in [0.3, 0.4) is 0 Å². The van der Waals surface area contributed by atoms with Gasteiger partial charge in [-0.15, -0.1) is 0 Å². The molecule has 3 unspecified atom stereocenters. The first-order chi connectivity index (χ1) is 10.1. The lowest BCUT2D eigenvalue weighted by Crippen LogP contribution is -2.43. The lowest BCUT2D eigenvalue weighted by molar-refractivity contribution is -0.133. The third-order valence-electron chi connectivity index (χ3n) is 4.80. The molecule has 21 heavy (non-hydrogen) atoms. The van der Waals surface area contributed by atoms with Gasteiger partial charge in [0.25, 0.3) is 0 Å². The van der Waals surface area contributed by atoms with Crippen molar-refractivity contribution in [2.24, 2.45) is 5.92 Å². The normalized spacial score (nSPS) is 32.9. The molecule has 0 aromatic heterocycles. The number of nitrogens with one attached hydrogen (secondary N) is 1. The van der Waals surface area contributed by atoms with E-state index in [0.29, 0.717) is 5.92 Å². The second kappa shape index (κ2) is 6.01. The van der Waals surface area contributed by atoms with Crippen molar-refractivity contribution in [2.75, 3.05) is 18.1 Å². The molecule has 114 valence electrons. The van der Waals surface area contributed by atoms with Gasteiger partial charge in [0, 0.05) is 6.54 Å².